The van der Waals surface area contributed by atoms with Crippen molar-refractivity contribution in [1.29, 1.82) is 0 Å². The lowest BCUT2D eigenvalue weighted by atomic mass is 10.2. The summed E-state index contributed by atoms with van der Waals surface area (Å²) >= 11 is 0. The molecule has 1 heterocycles. The Kier molecular flexibility index (Phi) is 3.83. The summed E-state index contributed by atoms with van der Waals surface area (Å²) in [6, 6.07) is 0. The molecule has 1 rings (SSSR count). The number of carbonyl (C=O) groups excluding carboxylic acids is 1. The SMILES string of the molecule is Cl.O=CC1CCOC1. The lowest BCUT2D eigenvalue weighted by Crippen LogP contribution is -1.98. The van der Waals surface area contributed by atoms with Gasteiger partial charge in [-0.2, -0.15) is 0 Å². The first-order chi connectivity index (χ1) is 3.43. The highest BCUT2D eigenvalue weighted by molar-refractivity contribution is 5.85. The van der Waals surface area contributed by atoms with Gasteiger partial charge in [0.2, 0.25) is 0 Å². The number of carbonyl (C=O) groups is 1. The predicted molar refractivity (Wildman–Crippen MR) is 32.2 cm³/mol. The van der Waals surface area contributed by atoms with Gasteiger partial charge in [0.15, 0.2) is 0 Å². The highest BCUT2D eigenvalue weighted by Crippen LogP contribution is 2.07. The van der Waals surface area contributed by atoms with Crippen LogP contribution < -0.4 is 0 Å². The molecule has 8 heavy (non-hydrogen) atoms. The van der Waals surface area contributed by atoms with Gasteiger partial charge >= 0.3 is 0 Å². The lowest BCUT2D eigenvalue weighted by Gasteiger charge is -1.88. The number of hydrogen-bond acceptors (Lipinski definition) is 2. The Morgan fingerprint density at radius 1 is 1.62 bits per heavy atom. The molecule has 48 valence electrons. The highest BCUT2D eigenvalue weighted by Gasteiger charge is 2.12. The van der Waals surface area contributed by atoms with E-state index in [1.165, 1.54) is 0 Å². The molecule has 3 heteroatoms. The molecule has 0 spiro atoms. The molecule has 1 fully saturated rings. The Hall–Kier alpha value is -0.0800. The van der Waals surface area contributed by atoms with E-state index in [4.69, 9.17) is 4.74 Å². The topological polar surface area (TPSA) is 26.3 Å². The Bertz CT molecular complexity index is 68.8. The third kappa shape index (κ3) is 1.80. The molecule has 1 unspecified atom stereocenters. The largest absolute Gasteiger partial charge is 0.381 e. The fraction of sp³-hybridized carbons (Fsp3) is 0.800. The third-order valence-corrected chi connectivity index (χ3v) is 1.16. The summed E-state index contributed by atoms with van der Waals surface area (Å²) in [7, 11) is 0. The molecule has 0 aromatic rings. The van der Waals surface area contributed by atoms with Crippen molar-refractivity contribution in [1.82, 2.24) is 0 Å². The maximum Gasteiger partial charge on any atom is 0.125 e. The normalized spacial score (nSPS) is 26.8. The zero-order valence-electron chi connectivity index (χ0n) is 4.50. The molecule has 0 aromatic heterocycles. The van der Waals surface area contributed by atoms with Crippen LogP contribution >= 0.6 is 12.4 Å². The standard InChI is InChI=1S/C5H8O2.ClH/c6-3-5-1-2-7-4-5;/h3,5H,1-2,4H2;1H. The Morgan fingerprint density at radius 2 is 2.38 bits per heavy atom. The van der Waals surface area contributed by atoms with Gasteiger partial charge < -0.3 is 9.53 Å². The van der Waals surface area contributed by atoms with Crippen LogP contribution in [0.3, 0.4) is 0 Å². The predicted octanol–water partition coefficient (Wildman–Crippen LogP) is 0.644. The van der Waals surface area contributed by atoms with Gasteiger partial charge in [-0.05, 0) is 6.42 Å². The summed E-state index contributed by atoms with van der Waals surface area (Å²) in [6.45, 7) is 1.41. The molecule has 1 atom stereocenters. The molecular weight excluding hydrogens is 128 g/mol. The van der Waals surface area contributed by atoms with E-state index in [0.717, 1.165) is 19.3 Å². The van der Waals surface area contributed by atoms with Gasteiger partial charge in [-0.25, -0.2) is 0 Å². The van der Waals surface area contributed by atoms with Crippen LogP contribution in [0.4, 0.5) is 0 Å². The van der Waals surface area contributed by atoms with E-state index in [1.807, 2.05) is 0 Å². The monoisotopic (exact) mass is 136 g/mol. The highest BCUT2D eigenvalue weighted by atomic mass is 35.5. The maximum atomic E-state index is 9.93. The van der Waals surface area contributed by atoms with E-state index in [1.54, 1.807) is 0 Å². The molecule has 0 N–H and O–H groups in total. The Morgan fingerprint density at radius 3 is 2.62 bits per heavy atom. The second kappa shape index (κ2) is 3.87. The first-order valence-corrected chi connectivity index (χ1v) is 2.46. The Labute approximate surface area is 54.6 Å². The van der Waals surface area contributed by atoms with Crippen molar-refractivity contribution in [3.63, 3.8) is 0 Å². The van der Waals surface area contributed by atoms with E-state index in [-0.39, 0.29) is 18.3 Å². The van der Waals surface area contributed by atoms with E-state index in [0.29, 0.717) is 6.61 Å². The van der Waals surface area contributed by atoms with Crippen molar-refractivity contribution in [2.45, 2.75) is 6.42 Å². The second-order valence-corrected chi connectivity index (χ2v) is 1.76. The molecule has 0 aromatic carbocycles. The van der Waals surface area contributed by atoms with Gasteiger partial charge in [0.1, 0.15) is 6.29 Å². The second-order valence-electron chi connectivity index (χ2n) is 1.76. The third-order valence-electron chi connectivity index (χ3n) is 1.16. The summed E-state index contributed by atoms with van der Waals surface area (Å²) in [4.78, 5) is 9.93. The van der Waals surface area contributed by atoms with Crippen molar-refractivity contribution in [3.8, 4) is 0 Å². The van der Waals surface area contributed by atoms with Crippen LogP contribution in [-0.2, 0) is 9.53 Å². The number of ether oxygens (including phenoxy) is 1. The van der Waals surface area contributed by atoms with Crippen LogP contribution in [0.15, 0.2) is 0 Å². The summed E-state index contributed by atoms with van der Waals surface area (Å²) < 4.78 is 4.92. The molecule has 0 radical (unpaired) electrons. The van der Waals surface area contributed by atoms with Gasteiger partial charge in [0, 0.05) is 12.5 Å². The van der Waals surface area contributed by atoms with Crippen LogP contribution in [0.5, 0.6) is 0 Å². The molecule has 1 aliphatic heterocycles. The minimum Gasteiger partial charge on any atom is -0.381 e. The molecule has 1 aliphatic rings. The number of halogens is 1. The molecular formula is C5H9ClO2. The summed E-state index contributed by atoms with van der Waals surface area (Å²) in [6.07, 6.45) is 1.89. The van der Waals surface area contributed by atoms with E-state index in [2.05, 4.69) is 0 Å². The Balaban J connectivity index is 0.000000490. The molecule has 0 amide bonds. The smallest absolute Gasteiger partial charge is 0.125 e. The van der Waals surface area contributed by atoms with Crippen LogP contribution in [-0.4, -0.2) is 19.5 Å². The average molecular weight is 137 g/mol. The summed E-state index contributed by atoms with van der Waals surface area (Å²) in [5.41, 5.74) is 0. The van der Waals surface area contributed by atoms with Crippen LogP contribution in [0.25, 0.3) is 0 Å². The first kappa shape index (κ1) is 7.92. The van der Waals surface area contributed by atoms with Crippen molar-refractivity contribution in [3.05, 3.63) is 0 Å². The minimum atomic E-state index is 0. The van der Waals surface area contributed by atoms with Crippen LogP contribution in [0.1, 0.15) is 6.42 Å². The lowest BCUT2D eigenvalue weighted by molar-refractivity contribution is -0.111. The van der Waals surface area contributed by atoms with Crippen molar-refractivity contribution in [2.75, 3.05) is 13.2 Å². The van der Waals surface area contributed by atoms with Crippen LogP contribution in [0.2, 0.25) is 0 Å². The zero-order chi connectivity index (χ0) is 5.11. The van der Waals surface area contributed by atoms with E-state index >= 15 is 0 Å². The number of hydrogen-bond donors (Lipinski definition) is 0. The quantitative estimate of drug-likeness (QED) is 0.495. The van der Waals surface area contributed by atoms with Gasteiger partial charge in [0.05, 0.1) is 6.61 Å². The fourth-order valence-corrected chi connectivity index (χ4v) is 0.660. The van der Waals surface area contributed by atoms with Crippen molar-refractivity contribution in [2.24, 2.45) is 5.92 Å². The summed E-state index contributed by atoms with van der Waals surface area (Å²) in [5.74, 6) is 0.194. The average Bonchev–Trinajstić information content (AvgIpc) is 2.14. The number of aldehydes is 1. The van der Waals surface area contributed by atoms with E-state index < -0.39 is 0 Å². The summed E-state index contributed by atoms with van der Waals surface area (Å²) in [5, 5.41) is 0. The molecule has 0 aliphatic carbocycles. The van der Waals surface area contributed by atoms with E-state index in [9.17, 15) is 4.79 Å². The first-order valence-electron chi connectivity index (χ1n) is 2.46. The molecule has 2 nitrogen and oxygen atoms in total. The zero-order valence-corrected chi connectivity index (χ0v) is 5.32. The molecule has 0 saturated carbocycles. The van der Waals surface area contributed by atoms with Gasteiger partial charge in [-0.1, -0.05) is 0 Å². The number of rotatable bonds is 1. The maximum absolute atomic E-state index is 9.93. The van der Waals surface area contributed by atoms with Crippen molar-refractivity contribution < 1.29 is 9.53 Å². The van der Waals surface area contributed by atoms with Gasteiger partial charge in [-0.15, -0.1) is 12.4 Å². The molecule has 0 bridgehead atoms. The van der Waals surface area contributed by atoms with Gasteiger partial charge in [0.25, 0.3) is 0 Å². The fourth-order valence-electron chi connectivity index (χ4n) is 0.660. The van der Waals surface area contributed by atoms with Crippen molar-refractivity contribution >= 4 is 18.7 Å². The molecule has 1 saturated heterocycles. The van der Waals surface area contributed by atoms with Gasteiger partial charge in [-0.3, -0.25) is 0 Å². The minimum absolute atomic E-state index is 0. The van der Waals surface area contributed by atoms with Crippen LogP contribution in [0, 0.1) is 5.92 Å².